The number of nitrogens with two attached hydrogens (primary N) is 1. The molecule has 0 aliphatic carbocycles. The number of ether oxygens (including phenoxy) is 2. The highest BCUT2D eigenvalue weighted by Gasteiger charge is 2.08. The predicted molar refractivity (Wildman–Crippen MR) is 75.0 cm³/mol. The third-order valence-corrected chi connectivity index (χ3v) is 2.95. The molecule has 1 rings (SSSR count). The van der Waals surface area contributed by atoms with Crippen LogP contribution in [0.25, 0.3) is 0 Å². The molecule has 0 amide bonds. The lowest BCUT2D eigenvalue weighted by atomic mass is 10.0. The Kier molecular flexibility index (Phi) is 7.46. The van der Waals surface area contributed by atoms with Gasteiger partial charge in [0, 0.05) is 19.3 Å². The smallest absolute Gasteiger partial charge is 0.122 e. The van der Waals surface area contributed by atoms with Gasteiger partial charge in [0.25, 0.3) is 0 Å². The zero-order valence-electron chi connectivity index (χ0n) is 11.5. The Hall–Kier alpha value is -1.06. The average Bonchev–Trinajstić information content (AvgIpc) is 2.39. The predicted octanol–water partition coefficient (Wildman–Crippen LogP) is 2.77. The Labute approximate surface area is 110 Å². The molecule has 1 atom stereocenters. The lowest BCUT2D eigenvalue weighted by Gasteiger charge is -2.14. The summed E-state index contributed by atoms with van der Waals surface area (Å²) in [6.45, 7) is 3.75. The highest BCUT2D eigenvalue weighted by molar-refractivity contribution is 5.33. The summed E-state index contributed by atoms with van der Waals surface area (Å²) in [6.07, 6.45) is 4.03. The van der Waals surface area contributed by atoms with Gasteiger partial charge in [-0.05, 0) is 30.9 Å². The number of hydrogen-bond acceptors (Lipinski definition) is 3. The fraction of sp³-hybridized carbons (Fsp3) is 0.600. The van der Waals surface area contributed by atoms with Crippen LogP contribution in [-0.4, -0.2) is 26.4 Å². The summed E-state index contributed by atoms with van der Waals surface area (Å²) in [5.74, 6) is 0.917. The molecule has 1 aromatic rings. The van der Waals surface area contributed by atoms with E-state index in [2.05, 4.69) is 13.0 Å². The molecule has 0 radical (unpaired) electrons. The monoisotopic (exact) mass is 251 g/mol. The van der Waals surface area contributed by atoms with Crippen LogP contribution in [0.3, 0.4) is 0 Å². The molecule has 0 saturated carbocycles. The SMILES string of the molecule is CCCCOCCC(N)Cc1ccccc1OC. The summed E-state index contributed by atoms with van der Waals surface area (Å²) in [4.78, 5) is 0. The van der Waals surface area contributed by atoms with Crippen molar-refractivity contribution in [3.05, 3.63) is 29.8 Å². The Morgan fingerprint density at radius 1 is 1.22 bits per heavy atom. The highest BCUT2D eigenvalue weighted by atomic mass is 16.5. The summed E-state index contributed by atoms with van der Waals surface area (Å²) in [5, 5.41) is 0. The number of para-hydroxylation sites is 1. The van der Waals surface area contributed by atoms with Gasteiger partial charge in [-0.2, -0.15) is 0 Å². The van der Waals surface area contributed by atoms with Crippen molar-refractivity contribution in [3.8, 4) is 5.75 Å². The summed E-state index contributed by atoms with van der Waals surface area (Å²) in [5.41, 5.74) is 7.28. The number of benzene rings is 1. The van der Waals surface area contributed by atoms with Crippen LogP contribution in [0, 0.1) is 0 Å². The Morgan fingerprint density at radius 3 is 2.72 bits per heavy atom. The van der Waals surface area contributed by atoms with E-state index in [0.717, 1.165) is 38.2 Å². The van der Waals surface area contributed by atoms with Crippen LogP contribution in [0.15, 0.2) is 24.3 Å². The summed E-state index contributed by atoms with van der Waals surface area (Å²) >= 11 is 0. The first-order valence-electron chi connectivity index (χ1n) is 6.73. The van der Waals surface area contributed by atoms with Crippen molar-refractivity contribution in [2.45, 2.75) is 38.6 Å². The van der Waals surface area contributed by atoms with Gasteiger partial charge >= 0.3 is 0 Å². The third kappa shape index (κ3) is 5.52. The Balaban J connectivity index is 2.28. The van der Waals surface area contributed by atoms with E-state index in [4.69, 9.17) is 15.2 Å². The van der Waals surface area contributed by atoms with Gasteiger partial charge in [0.2, 0.25) is 0 Å². The van der Waals surface area contributed by atoms with E-state index in [0.29, 0.717) is 0 Å². The zero-order chi connectivity index (χ0) is 13.2. The van der Waals surface area contributed by atoms with Gasteiger partial charge in [-0.1, -0.05) is 31.5 Å². The Morgan fingerprint density at radius 2 is 2.00 bits per heavy atom. The first-order chi connectivity index (χ1) is 8.77. The van der Waals surface area contributed by atoms with Crippen molar-refractivity contribution in [3.63, 3.8) is 0 Å². The average molecular weight is 251 g/mol. The van der Waals surface area contributed by atoms with Gasteiger partial charge in [-0.3, -0.25) is 0 Å². The van der Waals surface area contributed by atoms with E-state index >= 15 is 0 Å². The quantitative estimate of drug-likeness (QED) is 0.686. The maximum absolute atomic E-state index is 6.11. The fourth-order valence-corrected chi connectivity index (χ4v) is 1.84. The summed E-state index contributed by atoms with van der Waals surface area (Å²) in [7, 11) is 1.69. The minimum atomic E-state index is 0.128. The molecular formula is C15H25NO2. The summed E-state index contributed by atoms with van der Waals surface area (Å²) < 4.78 is 10.8. The molecule has 1 unspecified atom stereocenters. The standard InChI is InChI=1S/C15H25NO2/c1-3-4-10-18-11-9-14(16)12-13-7-5-6-8-15(13)17-2/h5-8,14H,3-4,9-12,16H2,1-2H3. The van der Waals surface area contributed by atoms with Crippen LogP contribution in [0.1, 0.15) is 31.7 Å². The molecule has 3 heteroatoms. The molecule has 0 fully saturated rings. The molecular weight excluding hydrogens is 226 g/mol. The molecule has 18 heavy (non-hydrogen) atoms. The molecule has 0 saturated heterocycles. The van der Waals surface area contributed by atoms with Crippen molar-refractivity contribution in [1.29, 1.82) is 0 Å². The molecule has 0 heterocycles. The van der Waals surface area contributed by atoms with Crippen LogP contribution in [0.4, 0.5) is 0 Å². The highest BCUT2D eigenvalue weighted by Crippen LogP contribution is 2.19. The largest absolute Gasteiger partial charge is 0.496 e. The second kappa shape index (κ2) is 8.95. The molecule has 0 spiro atoms. The van der Waals surface area contributed by atoms with Crippen molar-refractivity contribution in [1.82, 2.24) is 0 Å². The Bertz CT molecular complexity index is 328. The second-order valence-electron chi connectivity index (χ2n) is 4.53. The van der Waals surface area contributed by atoms with Crippen LogP contribution in [-0.2, 0) is 11.2 Å². The maximum atomic E-state index is 6.11. The lowest BCUT2D eigenvalue weighted by Crippen LogP contribution is -2.25. The van der Waals surface area contributed by atoms with Gasteiger partial charge in [0.15, 0.2) is 0 Å². The fourth-order valence-electron chi connectivity index (χ4n) is 1.84. The van der Waals surface area contributed by atoms with Crippen molar-refractivity contribution in [2.24, 2.45) is 5.73 Å². The van der Waals surface area contributed by atoms with E-state index in [1.54, 1.807) is 7.11 Å². The number of unbranched alkanes of at least 4 members (excludes halogenated alkanes) is 1. The second-order valence-corrected chi connectivity index (χ2v) is 4.53. The van der Waals surface area contributed by atoms with Crippen molar-refractivity contribution < 1.29 is 9.47 Å². The zero-order valence-corrected chi connectivity index (χ0v) is 11.5. The lowest BCUT2D eigenvalue weighted by molar-refractivity contribution is 0.124. The van der Waals surface area contributed by atoms with Crippen LogP contribution >= 0.6 is 0 Å². The summed E-state index contributed by atoms with van der Waals surface area (Å²) in [6, 6.07) is 8.16. The van der Waals surface area contributed by atoms with Gasteiger partial charge in [-0.15, -0.1) is 0 Å². The van der Waals surface area contributed by atoms with E-state index < -0.39 is 0 Å². The van der Waals surface area contributed by atoms with E-state index in [1.807, 2.05) is 18.2 Å². The molecule has 102 valence electrons. The van der Waals surface area contributed by atoms with Gasteiger partial charge in [-0.25, -0.2) is 0 Å². The van der Waals surface area contributed by atoms with E-state index in [9.17, 15) is 0 Å². The molecule has 0 bridgehead atoms. The molecule has 0 aliphatic rings. The van der Waals surface area contributed by atoms with Gasteiger partial charge in [0.1, 0.15) is 5.75 Å². The van der Waals surface area contributed by atoms with Crippen molar-refractivity contribution >= 4 is 0 Å². The third-order valence-electron chi connectivity index (χ3n) is 2.95. The van der Waals surface area contributed by atoms with Crippen LogP contribution in [0.5, 0.6) is 5.75 Å². The number of hydrogen-bond donors (Lipinski definition) is 1. The molecule has 0 aromatic heterocycles. The van der Waals surface area contributed by atoms with Gasteiger partial charge < -0.3 is 15.2 Å². The van der Waals surface area contributed by atoms with Crippen LogP contribution < -0.4 is 10.5 Å². The first kappa shape index (κ1) is 15.0. The minimum Gasteiger partial charge on any atom is -0.496 e. The maximum Gasteiger partial charge on any atom is 0.122 e. The van der Waals surface area contributed by atoms with E-state index in [-0.39, 0.29) is 6.04 Å². The minimum absolute atomic E-state index is 0.128. The van der Waals surface area contributed by atoms with Crippen LogP contribution in [0.2, 0.25) is 0 Å². The normalized spacial score (nSPS) is 12.4. The van der Waals surface area contributed by atoms with Crippen molar-refractivity contribution in [2.75, 3.05) is 20.3 Å². The number of methoxy groups -OCH3 is 1. The topological polar surface area (TPSA) is 44.5 Å². The first-order valence-corrected chi connectivity index (χ1v) is 6.73. The molecule has 1 aromatic carbocycles. The molecule has 3 nitrogen and oxygen atoms in total. The number of rotatable bonds is 9. The van der Waals surface area contributed by atoms with E-state index in [1.165, 1.54) is 12.0 Å². The van der Waals surface area contributed by atoms with Gasteiger partial charge in [0.05, 0.1) is 7.11 Å². The molecule has 2 N–H and O–H groups in total. The molecule has 0 aliphatic heterocycles.